The van der Waals surface area contributed by atoms with Gasteiger partial charge in [0, 0.05) is 17.8 Å². The van der Waals surface area contributed by atoms with Crippen molar-refractivity contribution in [2.75, 3.05) is 24.3 Å². The molecule has 1 aliphatic heterocycles. The monoisotopic (exact) mass is 830 g/mol. The molecule has 2 unspecified atom stereocenters. The highest BCUT2D eigenvalue weighted by molar-refractivity contribution is 7.14. The van der Waals surface area contributed by atoms with Crippen LogP contribution in [0.5, 0.6) is 0 Å². The molecule has 6 aromatic carbocycles. The number of nitrogens with zero attached hydrogens (tertiary/aromatic N) is 2. The molecule has 0 spiro atoms. The number of aromatic nitrogens is 1. The fraction of sp³-hybridized carbons (Fsp3) is 0.143. The van der Waals surface area contributed by atoms with Crippen LogP contribution in [0.15, 0.2) is 193 Å². The summed E-state index contributed by atoms with van der Waals surface area (Å²) in [4.78, 5) is 37.5. The number of alkyl halides is 1. The third-order valence-electron chi connectivity index (χ3n) is 10.7. The maximum absolute atomic E-state index is 14.1. The van der Waals surface area contributed by atoms with E-state index in [9.17, 15) is 9.59 Å². The lowest BCUT2D eigenvalue weighted by Gasteiger charge is -2.37. The van der Waals surface area contributed by atoms with Crippen LogP contribution in [0.25, 0.3) is 0 Å². The number of nitrogens with one attached hydrogen (secondary N) is 4. The van der Waals surface area contributed by atoms with Crippen LogP contribution in [0.3, 0.4) is 0 Å². The number of hydrogen-bond acceptors (Lipinski definition) is 8. The largest absolute Gasteiger partial charge is 0.394 e. The van der Waals surface area contributed by atoms with Crippen molar-refractivity contribution in [3.05, 3.63) is 226 Å². The topological polar surface area (TPSA) is 117 Å². The van der Waals surface area contributed by atoms with E-state index in [4.69, 9.17) is 21.4 Å². The number of carbonyl (C=O) groups excluding carboxylic acids is 2. The van der Waals surface area contributed by atoms with Gasteiger partial charge in [-0.3, -0.25) is 14.9 Å². The molecule has 0 aliphatic carbocycles. The number of hydrogen-bond donors (Lipinski definition) is 4. The van der Waals surface area contributed by atoms with E-state index in [-0.39, 0.29) is 29.8 Å². The Morgan fingerprint density at radius 2 is 1.08 bits per heavy atom. The normalized spacial score (nSPS) is 15.3. The highest BCUT2D eigenvalue weighted by Crippen LogP contribution is 2.41. The van der Waals surface area contributed by atoms with E-state index in [0.29, 0.717) is 11.7 Å². The molecule has 11 heteroatoms. The van der Waals surface area contributed by atoms with Crippen LogP contribution < -0.4 is 21.3 Å². The van der Waals surface area contributed by atoms with E-state index in [0.717, 1.165) is 33.4 Å². The van der Waals surface area contributed by atoms with Crippen LogP contribution in [-0.2, 0) is 25.5 Å². The third-order valence-corrected chi connectivity index (χ3v) is 11.8. The number of anilines is 1. The molecule has 9 nitrogen and oxygen atoms in total. The van der Waals surface area contributed by atoms with Gasteiger partial charge in [-0.15, -0.1) is 22.9 Å². The third kappa shape index (κ3) is 8.18. The highest BCUT2D eigenvalue weighted by atomic mass is 35.5. The summed E-state index contributed by atoms with van der Waals surface area (Å²) in [5.74, 6) is -0.790. The second-order valence-corrected chi connectivity index (χ2v) is 15.4. The van der Waals surface area contributed by atoms with E-state index >= 15 is 0 Å². The van der Waals surface area contributed by atoms with E-state index in [1.807, 2.05) is 109 Å². The molecule has 2 atom stereocenters. The van der Waals surface area contributed by atoms with Gasteiger partial charge in [-0.05, 0) is 33.4 Å². The Hall–Kier alpha value is -6.59. The lowest BCUT2D eigenvalue weighted by atomic mass is 9.77. The second kappa shape index (κ2) is 18.6. The van der Waals surface area contributed by atoms with Gasteiger partial charge in [-0.25, -0.2) is 4.98 Å². The molecule has 0 saturated carbocycles. The van der Waals surface area contributed by atoms with E-state index in [2.05, 4.69) is 99.2 Å². The Bertz CT molecular complexity index is 2320. The molecule has 2 amide bonds. The number of rotatable bonds is 17. The number of amides is 2. The Kier molecular flexibility index (Phi) is 12.4. The first-order chi connectivity index (χ1) is 29.5. The van der Waals surface area contributed by atoms with Crippen LogP contribution in [-0.4, -0.2) is 53.6 Å². The molecule has 1 saturated heterocycles. The van der Waals surface area contributed by atoms with Crippen molar-refractivity contribution in [2.24, 2.45) is 5.16 Å². The number of carbonyl (C=O) groups is 2. The average Bonchev–Trinajstić information content (AvgIpc) is 3.78. The van der Waals surface area contributed by atoms with Gasteiger partial charge in [-0.2, -0.15) is 0 Å². The van der Waals surface area contributed by atoms with Crippen molar-refractivity contribution in [1.82, 2.24) is 20.9 Å². The summed E-state index contributed by atoms with van der Waals surface area (Å²) in [7, 11) is 0. The minimum Gasteiger partial charge on any atom is -0.394 e. The standard InChI is InChI=1S/C49H43ClN6O3S/c50-33-41-43(45(57)52-41)54-46(58)44(56-59-32-31-51-48(35-19-7-1-8-20-35,36-21-9-2-10-22-36)37-23-11-3-12-24-37)42-34-60-47(53-42)55-49(38-25-13-4-14-26-38,39-27-15-5-16-28-39)40-29-17-6-18-30-40/h1-30,34,41,43,51H,31-33H2,(H,52,57)(H,53,55)(H,54,58)/b56-44-. The fourth-order valence-electron chi connectivity index (χ4n) is 7.80. The molecule has 300 valence electrons. The van der Waals surface area contributed by atoms with Crippen molar-refractivity contribution in [3.8, 4) is 0 Å². The summed E-state index contributed by atoms with van der Waals surface area (Å²) in [6.45, 7) is 0.460. The lowest BCUT2D eigenvalue weighted by Crippen LogP contribution is -2.70. The van der Waals surface area contributed by atoms with Crippen molar-refractivity contribution < 1.29 is 14.4 Å². The number of β-lactam (4-membered cyclic amide) rings is 1. The van der Waals surface area contributed by atoms with Crippen LogP contribution in [0.1, 0.15) is 39.1 Å². The Morgan fingerprint density at radius 3 is 1.48 bits per heavy atom. The van der Waals surface area contributed by atoms with Gasteiger partial charge in [0.2, 0.25) is 5.91 Å². The van der Waals surface area contributed by atoms with Crippen LogP contribution >= 0.6 is 22.9 Å². The molecular formula is C49H43ClN6O3S. The van der Waals surface area contributed by atoms with Gasteiger partial charge in [-0.1, -0.05) is 187 Å². The maximum Gasteiger partial charge on any atom is 0.276 e. The molecule has 4 N–H and O–H groups in total. The Balaban J connectivity index is 1.11. The van der Waals surface area contributed by atoms with Crippen LogP contribution in [0, 0.1) is 0 Å². The fourth-order valence-corrected chi connectivity index (χ4v) is 8.80. The van der Waals surface area contributed by atoms with E-state index in [1.165, 1.54) is 11.3 Å². The molecule has 0 bridgehead atoms. The second-order valence-electron chi connectivity index (χ2n) is 14.3. The van der Waals surface area contributed by atoms with Crippen molar-refractivity contribution in [2.45, 2.75) is 23.2 Å². The van der Waals surface area contributed by atoms with Crippen molar-refractivity contribution in [1.29, 1.82) is 0 Å². The molecule has 1 aliphatic rings. The van der Waals surface area contributed by atoms with Crippen LogP contribution in [0.4, 0.5) is 5.13 Å². The molecular weight excluding hydrogens is 788 g/mol. The van der Waals surface area contributed by atoms with Gasteiger partial charge in [0.25, 0.3) is 5.91 Å². The van der Waals surface area contributed by atoms with Gasteiger partial charge in [0.05, 0.1) is 11.6 Å². The zero-order valence-electron chi connectivity index (χ0n) is 32.6. The summed E-state index contributed by atoms with van der Waals surface area (Å²) >= 11 is 7.44. The minimum atomic E-state index is -0.846. The quantitative estimate of drug-likeness (QED) is 0.0184. The first-order valence-electron chi connectivity index (χ1n) is 19.7. The molecule has 0 radical (unpaired) electrons. The summed E-state index contributed by atoms with van der Waals surface area (Å²) in [6.07, 6.45) is 0. The Labute approximate surface area is 358 Å². The zero-order valence-corrected chi connectivity index (χ0v) is 34.2. The van der Waals surface area contributed by atoms with Gasteiger partial charge < -0.3 is 20.8 Å². The van der Waals surface area contributed by atoms with Gasteiger partial charge >= 0.3 is 0 Å². The van der Waals surface area contributed by atoms with E-state index in [1.54, 1.807) is 5.38 Å². The number of thiazole rings is 1. The summed E-state index contributed by atoms with van der Waals surface area (Å²) < 4.78 is 0. The average molecular weight is 831 g/mol. The Morgan fingerprint density at radius 1 is 0.667 bits per heavy atom. The van der Waals surface area contributed by atoms with Crippen molar-refractivity contribution in [3.63, 3.8) is 0 Å². The molecule has 60 heavy (non-hydrogen) atoms. The molecule has 1 aromatic heterocycles. The highest BCUT2D eigenvalue weighted by Gasteiger charge is 2.41. The summed E-state index contributed by atoms with van der Waals surface area (Å²) in [5, 5.41) is 19.8. The van der Waals surface area contributed by atoms with Crippen molar-refractivity contribution >= 4 is 45.6 Å². The first kappa shape index (κ1) is 40.2. The predicted molar refractivity (Wildman–Crippen MR) is 239 cm³/mol. The smallest absolute Gasteiger partial charge is 0.276 e. The summed E-state index contributed by atoms with van der Waals surface area (Å²) in [6, 6.07) is 60.2. The predicted octanol–water partition coefficient (Wildman–Crippen LogP) is 8.07. The number of halogens is 1. The van der Waals surface area contributed by atoms with E-state index < -0.39 is 29.1 Å². The lowest BCUT2D eigenvalue weighted by molar-refractivity contribution is -0.134. The number of benzene rings is 6. The van der Waals surface area contributed by atoms with Gasteiger partial charge in [0.1, 0.15) is 23.9 Å². The van der Waals surface area contributed by atoms with Gasteiger partial charge in [0.15, 0.2) is 10.8 Å². The van der Waals surface area contributed by atoms with Crippen LogP contribution in [0.2, 0.25) is 0 Å². The molecule has 2 heterocycles. The zero-order chi connectivity index (χ0) is 41.2. The SMILES string of the molecule is O=C(NC1C(=O)NC1CCl)/C(=N\OCCNC(c1ccccc1)(c1ccccc1)c1ccccc1)c1csc(NC(c2ccccc2)(c2ccccc2)c2ccccc2)n1. The summed E-state index contributed by atoms with van der Waals surface area (Å²) in [5.41, 5.74) is 4.82. The number of oxime groups is 1. The minimum absolute atomic E-state index is 0.0718. The molecule has 7 aromatic rings. The molecule has 8 rings (SSSR count). The first-order valence-corrected chi connectivity index (χ1v) is 21.1. The maximum atomic E-state index is 14.1. The molecule has 1 fully saturated rings.